The number of methoxy groups -OCH3 is 1. The van der Waals surface area contributed by atoms with Crippen LogP contribution < -0.4 is 14.8 Å². The maximum absolute atomic E-state index is 11.6. The van der Waals surface area contributed by atoms with Crippen molar-refractivity contribution in [1.29, 1.82) is 0 Å². The minimum atomic E-state index is -0.0570. The van der Waals surface area contributed by atoms with E-state index in [9.17, 15) is 4.79 Å². The van der Waals surface area contributed by atoms with Crippen LogP contribution in [0.4, 0.5) is 0 Å². The summed E-state index contributed by atoms with van der Waals surface area (Å²) < 4.78 is 10.7. The number of rotatable bonds is 7. The first kappa shape index (κ1) is 14.2. The fourth-order valence-electron chi connectivity index (χ4n) is 1.70. The topological polar surface area (TPSA) is 47.6 Å². The van der Waals surface area contributed by atoms with E-state index in [2.05, 4.69) is 11.9 Å². The molecule has 0 unspecified atom stereocenters. The van der Waals surface area contributed by atoms with E-state index in [1.165, 1.54) is 6.08 Å². The zero-order valence-electron chi connectivity index (χ0n) is 11.6. The zero-order valence-corrected chi connectivity index (χ0v) is 11.6. The van der Waals surface area contributed by atoms with Gasteiger partial charge in [-0.15, -0.1) is 0 Å². The largest absolute Gasteiger partial charge is 0.493 e. The van der Waals surface area contributed by atoms with Crippen LogP contribution in [0.15, 0.2) is 36.9 Å². The quantitative estimate of drug-likeness (QED) is 0.613. The Morgan fingerprint density at radius 2 is 2.25 bits per heavy atom. The number of carbonyl (C=O) groups is 1. The molecule has 1 aromatic rings. The molecular formula is C16H19NO3. The van der Waals surface area contributed by atoms with Gasteiger partial charge in [-0.1, -0.05) is 18.7 Å². The van der Waals surface area contributed by atoms with Crippen LogP contribution in [0.5, 0.6) is 11.5 Å². The molecule has 0 radical (unpaired) electrons. The summed E-state index contributed by atoms with van der Waals surface area (Å²) in [7, 11) is 1.59. The van der Waals surface area contributed by atoms with E-state index in [0.29, 0.717) is 24.1 Å². The van der Waals surface area contributed by atoms with Gasteiger partial charge in [0, 0.05) is 12.1 Å². The van der Waals surface area contributed by atoms with Crippen molar-refractivity contribution in [3.05, 3.63) is 42.5 Å². The minimum Gasteiger partial charge on any atom is -0.493 e. The van der Waals surface area contributed by atoms with Crippen LogP contribution in [0.25, 0.3) is 6.08 Å². The molecule has 1 aliphatic rings. The highest BCUT2D eigenvalue weighted by Gasteiger charge is 2.21. The number of nitrogens with one attached hydrogen (secondary N) is 1. The molecule has 0 saturated heterocycles. The van der Waals surface area contributed by atoms with Gasteiger partial charge in [0.15, 0.2) is 11.5 Å². The maximum atomic E-state index is 11.6. The Balaban J connectivity index is 2.01. The second-order valence-electron chi connectivity index (χ2n) is 4.63. The lowest BCUT2D eigenvalue weighted by Crippen LogP contribution is -2.22. The second-order valence-corrected chi connectivity index (χ2v) is 4.63. The average molecular weight is 273 g/mol. The lowest BCUT2D eigenvalue weighted by Gasteiger charge is -2.09. The van der Waals surface area contributed by atoms with Gasteiger partial charge in [0.25, 0.3) is 0 Å². The van der Waals surface area contributed by atoms with Gasteiger partial charge in [-0.05, 0) is 36.6 Å². The van der Waals surface area contributed by atoms with E-state index in [1.807, 2.05) is 18.2 Å². The average Bonchev–Trinajstić information content (AvgIpc) is 3.27. The first-order chi connectivity index (χ1) is 9.72. The Labute approximate surface area is 119 Å². The van der Waals surface area contributed by atoms with Gasteiger partial charge in [-0.3, -0.25) is 4.79 Å². The van der Waals surface area contributed by atoms with Gasteiger partial charge in [-0.25, -0.2) is 0 Å². The fraction of sp³-hybridized carbons (Fsp3) is 0.312. The van der Waals surface area contributed by atoms with Crippen LogP contribution in [0.1, 0.15) is 18.4 Å². The molecule has 0 bridgehead atoms. The third kappa shape index (κ3) is 4.16. The Morgan fingerprint density at radius 1 is 1.45 bits per heavy atom. The first-order valence-corrected chi connectivity index (χ1v) is 6.63. The first-order valence-electron chi connectivity index (χ1n) is 6.63. The Kier molecular flexibility index (Phi) is 4.82. The van der Waals surface area contributed by atoms with Crippen molar-refractivity contribution in [3.8, 4) is 11.5 Å². The van der Waals surface area contributed by atoms with Crippen LogP contribution in [0.2, 0.25) is 0 Å². The van der Waals surface area contributed by atoms with E-state index in [1.54, 1.807) is 19.3 Å². The van der Waals surface area contributed by atoms with E-state index in [0.717, 1.165) is 18.4 Å². The lowest BCUT2D eigenvalue weighted by molar-refractivity contribution is -0.116. The van der Waals surface area contributed by atoms with E-state index in [4.69, 9.17) is 9.47 Å². The SMILES string of the molecule is C=CCOc1ccc(/C=C/C(=O)NC2CC2)cc1OC. The molecule has 1 N–H and O–H groups in total. The molecule has 0 heterocycles. The molecule has 20 heavy (non-hydrogen) atoms. The predicted molar refractivity (Wildman–Crippen MR) is 78.9 cm³/mol. The van der Waals surface area contributed by atoms with E-state index < -0.39 is 0 Å². The third-order valence-electron chi connectivity index (χ3n) is 2.90. The molecule has 1 aromatic carbocycles. The third-order valence-corrected chi connectivity index (χ3v) is 2.90. The molecule has 2 rings (SSSR count). The molecule has 1 aliphatic carbocycles. The van der Waals surface area contributed by atoms with Gasteiger partial charge in [0.2, 0.25) is 5.91 Å². The van der Waals surface area contributed by atoms with Gasteiger partial charge < -0.3 is 14.8 Å². The van der Waals surface area contributed by atoms with Crippen molar-refractivity contribution in [2.45, 2.75) is 18.9 Å². The predicted octanol–water partition coefficient (Wildman–Crippen LogP) is 2.55. The molecule has 0 aromatic heterocycles. The summed E-state index contributed by atoms with van der Waals surface area (Å²) >= 11 is 0. The molecular weight excluding hydrogens is 254 g/mol. The van der Waals surface area contributed by atoms with Crippen LogP contribution in [-0.4, -0.2) is 25.7 Å². The number of carbonyl (C=O) groups excluding carboxylic acids is 1. The van der Waals surface area contributed by atoms with Crippen molar-refractivity contribution in [2.75, 3.05) is 13.7 Å². The van der Waals surface area contributed by atoms with Gasteiger partial charge >= 0.3 is 0 Å². The molecule has 0 aliphatic heterocycles. The van der Waals surface area contributed by atoms with Crippen LogP contribution >= 0.6 is 0 Å². The summed E-state index contributed by atoms with van der Waals surface area (Å²) in [5.74, 6) is 1.24. The highest BCUT2D eigenvalue weighted by molar-refractivity contribution is 5.92. The van der Waals surface area contributed by atoms with Gasteiger partial charge in [-0.2, -0.15) is 0 Å². The normalized spacial score (nSPS) is 14.1. The van der Waals surface area contributed by atoms with E-state index in [-0.39, 0.29) is 5.91 Å². The van der Waals surface area contributed by atoms with E-state index >= 15 is 0 Å². The molecule has 1 amide bonds. The number of amides is 1. The van der Waals surface area contributed by atoms with Crippen molar-refractivity contribution in [2.24, 2.45) is 0 Å². The summed E-state index contributed by atoms with van der Waals surface area (Å²) in [5.41, 5.74) is 0.888. The van der Waals surface area contributed by atoms with Gasteiger partial charge in [0.05, 0.1) is 7.11 Å². The monoisotopic (exact) mass is 273 g/mol. The van der Waals surface area contributed by atoms with Crippen LogP contribution in [0, 0.1) is 0 Å². The van der Waals surface area contributed by atoms with Gasteiger partial charge in [0.1, 0.15) is 6.61 Å². The number of benzene rings is 1. The van der Waals surface area contributed by atoms with Crippen molar-refractivity contribution >= 4 is 12.0 Å². The molecule has 0 atom stereocenters. The number of hydrogen-bond donors (Lipinski definition) is 1. The summed E-state index contributed by atoms with van der Waals surface area (Å²) in [6.07, 6.45) is 7.15. The Bertz CT molecular complexity index is 518. The second kappa shape index (κ2) is 6.80. The fourth-order valence-corrected chi connectivity index (χ4v) is 1.70. The van der Waals surface area contributed by atoms with Crippen molar-refractivity contribution < 1.29 is 14.3 Å². The van der Waals surface area contributed by atoms with Crippen LogP contribution in [-0.2, 0) is 4.79 Å². The molecule has 1 fully saturated rings. The molecule has 0 spiro atoms. The minimum absolute atomic E-state index is 0.0570. The Morgan fingerprint density at radius 3 is 2.90 bits per heavy atom. The highest BCUT2D eigenvalue weighted by atomic mass is 16.5. The number of ether oxygens (including phenoxy) is 2. The highest BCUT2D eigenvalue weighted by Crippen LogP contribution is 2.28. The van der Waals surface area contributed by atoms with Crippen molar-refractivity contribution in [3.63, 3.8) is 0 Å². The summed E-state index contributed by atoms with van der Waals surface area (Å²) in [6, 6.07) is 5.90. The molecule has 4 nitrogen and oxygen atoms in total. The Hall–Kier alpha value is -2.23. The molecule has 106 valence electrons. The molecule has 1 saturated carbocycles. The zero-order chi connectivity index (χ0) is 14.4. The smallest absolute Gasteiger partial charge is 0.244 e. The summed E-state index contributed by atoms with van der Waals surface area (Å²) in [4.78, 5) is 11.6. The van der Waals surface area contributed by atoms with Crippen LogP contribution in [0.3, 0.4) is 0 Å². The number of hydrogen-bond acceptors (Lipinski definition) is 3. The maximum Gasteiger partial charge on any atom is 0.244 e. The summed E-state index contributed by atoms with van der Waals surface area (Å²) in [6.45, 7) is 4.03. The lowest BCUT2D eigenvalue weighted by atomic mass is 10.2. The van der Waals surface area contributed by atoms with Crippen molar-refractivity contribution in [1.82, 2.24) is 5.32 Å². The summed E-state index contributed by atoms with van der Waals surface area (Å²) in [5, 5.41) is 2.90. The standard InChI is InChI=1S/C16H19NO3/c1-3-10-20-14-8-4-12(11-15(14)19-2)5-9-16(18)17-13-6-7-13/h3-5,8-9,11,13H,1,6-7,10H2,2H3,(H,17,18)/b9-5+. The molecule has 4 heteroatoms.